The van der Waals surface area contributed by atoms with Crippen molar-refractivity contribution in [2.45, 2.75) is 18.9 Å². The molecule has 0 saturated carbocycles. The molecule has 70 valence electrons. The number of likely N-dealkylation sites (tertiary alicyclic amines) is 1. The molecule has 2 heteroatoms. The molecule has 0 aliphatic carbocycles. The fourth-order valence-electron chi connectivity index (χ4n) is 2.05. The van der Waals surface area contributed by atoms with Crippen molar-refractivity contribution in [3.63, 3.8) is 0 Å². The summed E-state index contributed by atoms with van der Waals surface area (Å²) in [5.41, 5.74) is 1.28. The van der Waals surface area contributed by atoms with Crippen LogP contribution in [0.3, 0.4) is 0 Å². The van der Waals surface area contributed by atoms with Crippen LogP contribution in [0.4, 0.5) is 0 Å². The topological polar surface area (TPSA) is 3.24 Å². The van der Waals surface area contributed by atoms with E-state index in [9.17, 15) is 0 Å². The van der Waals surface area contributed by atoms with Gasteiger partial charge in [0.05, 0.1) is 0 Å². The quantitative estimate of drug-likeness (QED) is 0.666. The normalized spacial score (nSPS) is 23.7. The van der Waals surface area contributed by atoms with Gasteiger partial charge in [0.1, 0.15) is 0 Å². The van der Waals surface area contributed by atoms with Gasteiger partial charge in [-0.15, -0.1) is 0 Å². The first-order chi connectivity index (χ1) is 6.29. The van der Waals surface area contributed by atoms with Gasteiger partial charge in [0.15, 0.2) is 0 Å². The predicted octanol–water partition coefficient (Wildman–Crippen LogP) is 3.11. The summed E-state index contributed by atoms with van der Waals surface area (Å²) in [5, 5.41) is 0.904. The molecule has 1 aromatic rings. The molecule has 0 unspecified atom stereocenters. The van der Waals surface area contributed by atoms with E-state index in [1.807, 2.05) is 12.1 Å². The zero-order valence-electron chi connectivity index (χ0n) is 7.83. The molecule has 0 bridgehead atoms. The average Bonchev–Trinajstić information content (AvgIpc) is 2.52. The Kier molecular flexibility index (Phi) is 2.56. The third-order valence-electron chi connectivity index (χ3n) is 2.78. The highest BCUT2D eigenvalue weighted by atomic mass is 35.5. The Balaban J connectivity index is 2.29. The van der Waals surface area contributed by atoms with Crippen molar-refractivity contribution < 1.29 is 0 Å². The van der Waals surface area contributed by atoms with Crippen LogP contribution in [0, 0.1) is 0 Å². The number of halogens is 1. The van der Waals surface area contributed by atoms with E-state index in [0.29, 0.717) is 6.04 Å². The van der Waals surface area contributed by atoms with Crippen LogP contribution in [0.2, 0.25) is 5.02 Å². The summed E-state index contributed by atoms with van der Waals surface area (Å²) in [5.74, 6) is 0. The summed E-state index contributed by atoms with van der Waals surface area (Å²) in [7, 11) is 2.17. The molecule has 1 aromatic carbocycles. The zero-order chi connectivity index (χ0) is 9.26. The van der Waals surface area contributed by atoms with Crippen molar-refractivity contribution >= 4 is 11.6 Å². The molecule has 1 heterocycles. The van der Waals surface area contributed by atoms with Crippen LogP contribution in [0.25, 0.3) is 0 Å². The van der Waals surface area contributed by atoms with E-state index in [2.05, 4.69) is 24.1 Å². The summed E-state index contributed by atoms with van der Waals surface area (Å²) in [4.78, 5) is 2.38. The van der Waals surface area contributed by atoms with Crippen LogP contribution >= 0.6 is 11.6 Å². The lowest BCUT2D eigenvalue weighted by molar-refractivity contribution is 0.317. The molecular weight excluding hydrogens is 182 g/mol. The maximum Gasteiger partial charge on any atom is 0.0453 e. The maximum atomic E-state index is 6.14. The SMILES string of the molecule is CN1CCC[C@@H]1c1ccccc1Cl. The summed E-state index contributed by atoms with van der Waals surface area (Å²) >= 11 is 6.14. The molecule has 1 saturated heterocycles. The van der Waals surface area contributed by atoms with Crippen LogP contribution in [0.15, 0.2) is 24.3 Å². The second-order valence-corrected chi connectivity index (χ2v) is 4.07. The van der Waals surface area contributed by atoms with Crippen LogP contribution in [-0.2, 0) is 0 Å². The van der Waals surface area contributed by atoms with Crippen molar-refractivity contribution in [1.82, 2.24) is 4.90 Å². The van der Waals surface area contributed by atoms with Crippen molar-refractivity contribution in [2.75, 3.05) is 13.6 Å². The van der Waals surface area contributed by atoms with Crippen LogP contribution in [0.1, 0.15) is 24.4 Å². The fraction of sp³-hybridized carbons (Fsp3) is 0.455. The lowest BCUT2D eigenvalue weighted by Crippen LogP contribution is -2.17. The van der Waals surface area contributed by atoms with Gasteiger partial charge in [-0.1, -0.05) is 29.8 Å². The third kappa shape index (κ3) is 1.72. The van der Waals surface area contributed by atoms with Crippen molar-refractivity contribution in [1.29, 1.82) is 0 Å². The van der Waals surface area contributed by atoms with Gasteiger partial charge in [0, 0.05) is 11.1 Å². The minimum absolute atomic E-state index is 0.536. The van der Waals surface area contributed by atoms with Crippen molar-refractivity contribution in [3.05, 3.63) is 34.9 Å². The first-order valence-electron chi connectivity index (χ1n) is 4.73. The number of rotatable bonds is 1. The molecule has 0 amide bonds. The Morgan fingerprint density at radius 2 is 2.15 bits per heavy atom. The average molecular weight is 196 g/mol. The Hall–Kier alpha value is -0.530. The molecule has 0 radical (unpaired) electrons. The summed E-state index contributed by atoms with van der Waals surface area (Å²) in [6, 6.07) is 8.69. The molecule has 0 N–H and O–H groups in total. The van der Waals surface area contributed by atoms with Gasteiger partial charge in [-0.05, 0) is 38.1 Å². The summed E-state index contributed by atoms with van der Waals surface area (Å²) in [6.45, 7) is 1.19. The Bertz CT molecular complexity index is 298. The number of benzene rings is 1. The monoisotopic (exact) mass is 195 g/mol. The summed E-state index contributed by atoms with van der Waals surface area (Å²) in [6.07, 6.45) is 2.52. The number of hydrogen-bond acceptors (Lipinski definition) is 1. The highest BCUT2D eigenvalue weighted by Crippen LogP contribution is 2.34. The predicted molar refractivity (Wildman–Crippen MR) is 56.1 cm³/mol. The highest BCUT2D eigenvalue weighted by Gasteiger charge is 2.23. The Labute approximate surface area is 84.3 Å². The van der Waals surface area contributed by atoms with Gasteiger partial charge >= 0.3 is 0 Å². The minimum atomic E-state index is 0.536. The van der Waals surface area contributed by atoms with E-state index >= 15 is 0 Å². The molecule has 1 fully saturated rings. The Morgan fingerprint density at radius 3 is 2.77 bits per heavy atom. The standard InChI is InChI=1S/C11H14ClN/c1-13-8-4-7-11(13)9-5-2-3-6-10(9)12/h2-3,5-6,11H,4,7-8H2,1H3/t11-/m1/s1. The van der Waals surface area contributed by atoms with E-state index in [0.717, 1.165) is 5.02 Å². The molecule has 1 nitrogen and oxygen atoms in total. The lowest BCUT2D eigenvalue weighted by atomic mass is 10.1. The summed E-state index contributed by atoms with van der Waals surface area (Å²) < 4.78 is 0. The smallest absolute Gasteiger partial charge is 0.0453 e. The van der Waals surface area contributed by atoms with Gasteiger partial charge in [0.25, 0.3) is 0 Å². The number of nitrogens with zero attached hydrogens (tertiary/aromatic N) is 1. The van der Waals surface area contributed by atoms with Gasteiger partial charge < -0.3 is 0 Å². The van der Waals surface area contributed by atoms with E-state index in [1.54, 1.807) is 0 Å². The number of hydrogen-bond donors (Lipinski definition) is 0. The second-order valence-electron chi connectivity index (χ2n) is 3.66. The van der Waals surface area contributed by atoms with Gasteiger partial charge in [-0.3, -0.25) is 4.90 Å². The Morgan fingerprint density at radius 1 is 1.38 bits per heavy atom. The van der Waals surface area contributed by atoms with Crippen LogP contribution in [-0.4, -0.2) is 18.5 Å². The molecule has 0 aromatic heterocycles. The second kappa shape index (κ2) is 3.69. The fourth-order valence-corrected chi connectivity index (χ4v) is 2.31. The van der Waals surface area contributed by atoms with Crippen LogP contribution < -0.4 is 0 Å². The third-order valence-corrected chi connectivity index (χ3v) is 3.13. The molecule has 13 heavy (non-hydrogen) atoms. The molecule has 1 atom stereocenters. The molecule has 2 rings (SSSR count). The van der Waals surface area contributed by atoms with Gasteiger partial charge in [0.2, 0.25) is 0 Å². The van der Waals surface area contributed by atoms with E-state index in [1.165, 1.54) is 24.9 Å². The van der Waals surface area contributed by atoms with Crippen LogP contribution in [0.5, 0.6) is 0 Å². The van der Waals surface area contributed by atoms with E-state index < -0.39 is 0 Å². The minimum Gasteiger partial charge on any atom is -0.299 e. The highest BCUT2D eigenvalue weighted by molar-refractivity contribution is 6.31. The maximum absolute atomic E-state index is 6.14. The van der Waals surface area contributed by atoms with Gasteiger partial charge in [-0.25, -0.2) is 0 Å². The van der Waals surface area contributed by atoms with E-state index in [4.69, 9.17) is 11.6 Å². The van der Waals surface area contributed by atoms with Crippen molar-refractivity contribution in [3.8, 4) is 0 Å². The van der Waals surface area contributed by atoms with Gasteiger partial charge in [-0.2, -0.15) is 0 Å². The lowest BCUT2D eigenvalue weighted by Gasteiger charge is -2.20. The molecular formula is C11H14ClN. The first-order valence-corrected chi connectivity index (χ1v) is 5.11. The first kappa shape index (κ1) is 9.04. The molecule has 0 spiro atoms. The molecule has 1 aliphatic heterocycles. The largest absolute Gasteiger partial charge is 0.299 e. The van der Waals surface area contributed by atoms with Crippen molar-refractivity contribution in [2.24, 2.45) is 0 Å². The molecule has 1 aliphatic rings. The zero-order valence-corrected chi connectivity index (χ0v) is 8.59. The van der Waals surface area contributed by atoms with E-state index in [-0.39, 0.29) is 0 Å².